The number of urea groups is 1. The third-order valence-corrected chi connectivity index (χ3v) is 11.2. The lowest BCUT2D eigenvalue weighted by Crippen LogP contribution is -2.53. The minimum absolute atomic E-state index is 0.00874. The van der Waals surface area contributed by atoms with Crippen molar-refractivity contribution in [3.05, 3.63) is 107 Å². The molecule has 1 heterocycles. The average Bonchev–Trinajstić information content (AvgIpc) is 3.35. The minimum Gasteiger partial charge on any atom is -0.481 e. The van der Waals surface area contributed by atoms with Crippen molar-refractivity contribution < 1.29 is 78.3 Å². The minimum atomic E-state index is -1.58. The lowest BCUT2D eigenvalue weighted by molar-refractivity contribution is -0.141. The monoisotopic (exact) mass is 1030 g/mol. The fraction of sp³-hybridized carbons (Fsp3) is 0.347. The summed E-state index contributed by atoms with van der Waals surface area (Å²) in [5.41, 5.74) is 6.89. The van der Waals surface area contributed by atoms with Crippen LogP contribution in [0.5, 0.6) is 0 Å². The van der Waals surface area contributed by atoms with Gasteiger partial charge in [0.1, 0.15) is 36.0 Å². The number of aliphatic carboxylic acids is 5. The first-order chi connectivity index (χ1) is 35.2. The molecule has 5 atom stereocenters. The molecule has 25 heteroatoms. The molecule has 4 unspecified atom stereocenters. The van der Waals surface area contributed by atoms with E-state index in [1.807, 2.05) is 42.5 Å². The van der Waals surface area contributed by atoms with Gasteiger partial charge in [-0.2, -0.15) is 0 Å². The van der Waals surface area contributed by atoms with Crippen molar-refractivity contribution in [1.29, 1.82) is 0 Å². The van der Waals surface area contributed by atoms with Crippen LogP contribution >= 0.6 is 0 Å². The Kier molecular flexibility index (Phi) is 22.2. The number of nitrogens with one attached hydrogen (secondary N) is 7. The number of carbonyl (C=O) groups is 11. The molecule has 74 heavy (non-hydrogen) atoms. The van der Waals surface area contributed by atoms with Crippen LogP contribution in [-0.2, 0) is 51.3 Å². The normalized spacial score (nSPS) is 12.8. The van der Waals surface area contributed by atoms with E-state index >= 15 is 0 Å². The highest BCUT2D eigenvalue weighted by Gasteiger charge is 2.29. The number of nitrogens with zero attached hydrogens (tertiary/aromatic N) is 1. The smallest absolute Gasteiger partial charge is 0.326 e. The van der Waals surface area contributed by atoms with Gasteiger partial charge in [0.2, 0.25) is 17.7 Å². The van der Waals surface area contributed by atoms with E-state index in [-0.39, 0.29) is 68.6 Å². The molecule has 0 saturated carbocycles. The number of hydrogen-bond acceptors (Lipinski definition) is 13. The van der Waals surface area contributed by atoms with Gasteiger partial charge >= 0.3 is 35.9 Å². The summed E-state index contributed by atoms with van der Waals surface area (Å²) in [5.74, 6) is -10.4. The largest absolute Gasteiger partial charge is 0.481 e. The van der Waals surface area contributed by atoms with Crippen molar-refractivity contribution in [2.45, 2.75) is 101 Å². The molecule has 7 amide bonds. The van der Waals surface area contributed by atoms with E-state index < -0.39 is 121 Å². The number of carbonyl (C=O) groups excluding carboxylic acids is 6. The Labute approximate surface area is 422 Å². The van der Waals surface area contributed by atoms with Crippen molar-refractivity contribution in [2.75, 3.05) is 12.3 Å². The van der Waals surface area contributed by atoms with E-state index in [1.165, 1.54) is 36.4 Å². The van der Waals surface area contributed by atoms with Crippen LogP contribution in [0.4, 0.5) is 10.6 Å². The highest BCUT2D eigenvalue weighted by molar-refractivity contribution is 5.99. The standard InChI is InChI=1S/C49H57N9O16/c50-38-18-14-32(26-52-38)43(66)54-34(16-20-40(61)62)46(69)55-33(15-19-39(59)60)44(67)53-25-27-8-12-30(13-9-27)42(65)56-37(24-28-10-11-29-5-1-2-6-31(29)23-28)45(68)51-22-4-3-7-35(47(70)71)57-49(74)58-36(48(72)73)17-21-41(63)64/h1-2,5-6,8-14,18,23,26,33-37H,3-4,7,15-17,19-22,24-25H2,(H2,50,52)(H,51,68)(H,53,67)(H,54,66)(H,55,69)(H,56,65)(H,59,60)(H,61,62)(H,63,64)(H,70,71)(H,72,73)(H2,57,58,74)/t33?,34?,35?,36-,37?/m0/s1. The Hall–Kier alpha value is -9.16. The second-order valence-electron chi connectivity index (χ2n) is 16.9. The molecule has 0 aliphatic heterocycles. The lowest BCUT2D eigenvalue weighted by Gasteiger charge is -2.23. The number of nitrogen functional groups attached to an aromatic ring is 1. The molecule has 0 fully saturated rings. The molecule has 0 aliphatic carbocycles. The number of pyridine rings is 1. The Morgan fingerprint density at radius 3 is 1.58 bits per heavy atom. The molecular formula is C49H57N9O16. The maximum atomic E-state index is 13.7. The summed E-state index contributed by atoms with van der Waals surface area (Å²) in [7, 11) is 0. The molecule has 4 rings (SSSR count). The van der Waals surface area contributed by atoms with Crippen LogP contribution in [0, 0.1) is 0 Å². The van der Waals surface area contributed by atoms with Crippen LogP contribution in [0.1, 0.15) is 89.6 Å². The number of rotatable bonds is 30. The third kappa shape index (κ3) is 19.6. The summed E-state index contributed by atoms with van der Waals surface area (Å²) in [5, 5.41) is 65.4. The molecule has 0 saturated heterocycles. The number of anilines is 1. The van der Waals surface area contributed by atoms with E-state index in [0.717, 1.165) is 17.0 Å². The summed E-state index contributed by atoms with van der Waals surface area (Å²) >= 11 is 0. The van der Waals surface area contributed by atoms with Crippen molar-refractivity contribution in [3.63, 3.8) is 0 Å². The second kappa shape index (κ2) is 28.6. The van der Waals surface area contributed by atoms with E-state index in [1.54, 1.807) is 0 Å². The van der Waals surface area contributed by atoms with Crippen LogP contribution in [0.2, 0.25) is 0 Å². The summed E-state index contributed by atoms with van der Waals surface area (Å²) in [6.07, 6.45) is -1.33. The van der Waals surface area contributed by atoms with Gasteiger partial charge in [0.15, 0.2) is 0 Å². The molecule has 1 aromatic heterocycles. The SMILES string of the molecule is Nc1ccc(C(=O)NC(CCC(=O)O)C(=O)NC(CCC(=O)O)C(=O)NCc2ccc(C(=O)NC(Cc3ccc4ccccc4c3)C(=O)NCCCCC(NC(=O)N[C@@H](CCC(=O)O)C(=O)O)C(=O)O)cc2)cn1. The van der Waals surface area contributed by atoms with E-state index in [4.69, 9.17) is 10.8 Å². The molecule has 3 aromatic carbocycles. The maximum Gasteiger partial charge on any atom is 0.326 e. The van der Waals surface area contributed by atoms with Crippen LogP contribution in [0.3, 0.4) is 0 Å². The first-order valence-corrected chi connectivity index (χ1v) is 23.1. The van der Waals surface area contributed by atoms with Crippen LogP contribution < -0.4 is 43.0 Å². The summed E-state index contributed by atoms with van der Waals surface area (Å²) in [6, 6.07) is 13.5. The lowest BCUT2D eigenvalue weighted by atomic mass is 10.0. The first kappa shape index (κ1) is 57.4. The fourth-order valence-electron chi connectivity index (χ4n) is 7.21. The number of hydrogen-bond donors (Lipinski definition) is 13. The number of carboxylic acid groups (broad SMARTS) is 5. The Morgan fingerprint density at radius 1 is 0.486 bits per heavy atom. The molecule has 0 spiro atoms. The number of benzene rings is 3. The van der Waals surface area contributed by atoms with Gasteiger partial charge in [-0.05, 0) is 84.7 Å². The fourth-order valence-corrected chi connectivity index (χ4v) is 7.21. The topological polar surface area (TPSA) is 412 Å². The zero-order valence-electron chi connectivity index (χ0n) is 39.7. The van der Waals surface area contributed by atoms with Gasteiger partial charge in [0.05, 0.1) is 5.56 Å². The molecule has 394 valence electrons. The number of amides is 7. The molecular weight excluding hydrogens is 971 g/mol. The van der Waals surface area contributed by atoms with Crippen molar-refractivity contribution >= 4 is 82.0 Å². The Bertz CT molecular complexity index is 2680. The number of aromatic nitrogens is 1. The van der Waals surface area contributed by atoms with E-state index in [2.05, 4.69) is 42.2 Å². The zero-order valence-corrected chi connectivity index (χ0v) is 39.7. The quantitative estimate of drug-likeness (QED) is 0.0326. The van der Waals surface area contributed by atoms with Crippen LogP contribution in [0.25, 0.3) is 10.8 Å². The molecule has 4 aromatic rings. The van der Waals surface area contributed by atoms with Gasteiger partial charge in [-0.3, -0.25) is 38.4 Å². The van der Waals surface area contributed by atoms with Gasteiger partial charge in [0.25, 0.3) is 11.8 Å². The summed E-state index contributed by atoms with van der Waals surface area (Å²) < 4.78 is 0. The number of fused-ring (bicyclic) bond motifs is 1. The van der Waals surface area contributed by atoms with Crippen LogP contribution in [-0.4, -0.2) is 133 Å². The van der Waals surface area contributed by atoms with E-state index in [0.29, 0.717) is 11.1 Å². The summed E-state index contributed by atoms with van der Waals surface area (Å²) in [6.45, 7) is -0.129. The molecule has 25 nitrogen and oxygen atoms in total. The molecule has 0 bridgehead atoms. The Balaban J connectivity index is 1.38. The van der Waals surface area contributed by atoms with Gasteiger partial charge < -0.3 is 68.5 Å². The maximum absolute atomic E-state index is 13.7. The van der Waals surface area contributed by atoms with Crippen molar-refractivity contribution in [3.8, 4) is 0 Å². The molecule has 0 radical (unpaired) electrons. The van der Waals surface area contributed by atoms with Gasteiger partial charge in [-0.25, -0.2) is 19.4 Å². The predicted octanol–water partition coefficient (Wildman–Crippen LogP) is 1.14. The summed E-state index contributed by atoms with van der Waals surface area (Å²) in [4.78, 5) is 140. The average molecular weight is 1030 g/mol. The highest BCUT2D eigenvalue weighted by atomic mass is 16.4. The molecule has 14 N–H and O–H groups in total. The van der Waals surface area contributed by atoms with Crippen molar-refractivity contribution in [1.82, 2.24) is 42.2 Å². The number of unbranched alkanes of at least 4 members (excludes halogenated alkanes) is 1. The van der Waals surface area contributed by atoms with Crippen molar-refractivity contribution in [2.24, 2.45) is 0 Å². The van der Waals surface area contributed by atoms with Crippen LogP contribution in [0.15, 0.2) is 85.1 Å². The van der Waals surface area contributed by atoms with Gasteiger partial charge in [-0.1, -0.05) is 54.6 Å². The van der Waals surface area contributed by atoms with Gasteiger partial charge in [0, 0.05) is 50.5 Å². The van der Waals surface area contributed by atoms with E-state index in [9.17, 15) is 73.2 Å². The highest BCUT2D eigenvalue weighted by Crippen LogP contribution is 2.18. The Morgan fingerprint density at radius 2 is 1.00 bits per heavy atom. The third-order valence-electron chi connectivity index (χ3n) is 11.2. The zero-order chi connectivity index (χ0) is 54.3. The first-order valence-electron chi connectivity index (χ1n) is 23.1. The van der Waals surface area contributed by atoms with Gasteiger partial charge in [-0.15, -0.1) is 0 Å². The second-order valence-corrected chi connectivity index (χ2v) is 16.9. The molecule has 0 aliphatic rings. The number of nitrogens with two attached hydrogens (primary N) is 1. The number of carboxylic acids is 5. The predicted molar refractivity (Wildman–Crippen MR) is 261 cm³/mol.